The molecule has 0 bridgehead atoms. The number of hydrogen-bond donors (Lipinski definition) is 0. The number of pyridine rings is 1. The number of ether oxygens (including phenoxy) is 3. The number of para-hydroxylation sites is 1. The first-order valence-electron chi connectivity index (χ1n) is 9.49. The molecule has 5 heteroatoms. The maximum atomic E-state index is 12.2. The maximum Gasteiger partial charge on any atom is 0.314 e. The van der Waals surface area contributed by atoms with Gasteiger partial charge in [0, 0.05) is 6.20 Å². The van der Waals surface area contributed by atoms with Crippen molar-refractivity contribution in [1.82, 2.24) is 4.98 Å². The Morgan fingerprint density at radius 1 is 0.931 bits per heavy atom. The van der Waals surface area contributed by atoms with Crippen molar-refractivity contribution in [1.29, 1.82) is 0 Å². The first kappa shape index (κ1) is 20.1. The molecule has 2 aromatic carbocycles. The van der Waals surface area contributed by atoms with Crippen molar-refractivity contribution in [2.45, 2.75) is 13.3 Å². The van der Waals surface area contributed by atoms with Crippen LogP contribution in [0.1, 0.15) is 24.6 Å². The fourth-order valence-electron chi connectivity index (χ4n) is 2.58. The predicted octanol–water partition coefficient (Wildman–Crippen LogP) is 5.03. The average Bonchev–Trinajstić information content (AvgIpc) is 2.75. The van der Waals surface area contributed by atoms with Gasteiger partial charge in [-0.3, -0.25) is 9.78 Å². The number of hydrogen-bond acceptors (Lipinski definition) is 5. The number of esters is 1. The zero-order valence-electron chi connectivity index (χ0n) is 16.3. The number of benzene rings is 2. The van der Waals surface area contributed by atoms with Gasteiger partial charge in [0.15, 0.2) is 11.5 Å². The highest BCUT2D eigenvalue weighted by Gasteiger charge is 2.11. The smallest absolute Gasteiger partial charge is 0.314 e. The lowest BCUT2D eigenvalue weighted by atomic mass is 10.1. The number of carbonyl (C=O) groups excluding carboxylic acids is 1. The Kier molecular flexibility index (Phi) is 7.41. The van der Waals surface area contributed by atoms with Crippen LogP contribution < -0.4 is 14.2 Å². The molecule has 0 saturated heterocycles. The van der Waals surface area contributed by atoms with Crippen LogP contribution in [0.4, 0.5) is 0 Å². The van der Waals surface area contributed by atoms with Crippen molar-refractivity contribution >= 4 is 18.1 Å². The molecule has 5 nitrogen and oxygen atoms in total. The lowest BCUT2D eigenvalue weighted by Crippen LogP contribution is -2.13. The van der Waals surface area contributed by atoms with Crippen molar-refractivity contribution in [3.63, 3.8) is 0 Å². The monoisotopic (exact) mass is 389 g/mol. The van der Waals surface area contributed by atoms with E-state index in [9.17, 15) is 4.79 Å². The Labute approximate surface area is 170 Å². The summed E-state index contributed by atoms with van der Waals surface area (Å²) in [7, 11) is 0. The summed E-state index contributed by atoms with van der Waals surface area (Å²) in [6.45, 7) is 2.60. The second kappa shape index (κ2) is 10.7. The molecule has 0 amide bonds. The molecule has 148 valence electrons. The van der Waals surface area contributed by atoms with Gasteiger partial charge in [-0.1, -0.05) is 36.4 Å². The van der Waals surface area contributed by atoms with E-state index in [-0.39, 0.29) is 19.0 Å². The molecule has 3 aromatic rings. The zero-order chi connectivity index (χ0) is 20.3. The molecule has 0 radical (unpaired) electrons. The van der Waals surface area contributed by atoms with E-state index in [1.165, 1.54) is 0 Å². The van der Waals surface area contributed by atoms with Crippen LogP contribution in [0.2, 0.25) is 0 Å². The van der Waals surface area contributed by atoms with E-state index in [2.05, 4.69) is 4.98 Å². The van der Waals surface area contributed by atoms with Gasteiger partial charge < -0.3 is 14.2 Å². The molecule has 0 spiro atoms. The third kappa shape index (κ3) is 6.50. The van der Waals surface area contributed by atoms with Gasteiger partial charge in [-0.2, -0.15) is 0 Å². The Hall–Kier alpha value is -3.60. The summed E-state index contributed by atoms with van der Waals surface area (Å²) in [5, 5.41) is 0. The molecule has 0 saturated carbocycles. The molecule has 0 aliphatic carbocycles. The first-order chi connectivity index (χ1) is 14.2. The van der Waals surface area contributed by atoms with Gasteiger partial charge in [-0.15, -0.1) is 0 Å². The van der Waals surface area contributed by atoms with Crippen molar-refractivity contribution in [3.8, 4) is 17.2 Å². The van der Waals surface area contributed by atoms with Gasteiger partial charge in [-0.05, 0) is 55.0 Å². The van der Waals surface area contributed by atoms with Crippen LogP contribution in [0.5, 0.6) is 17.2 Å². The minimum atomic E-state index is -0.376. The molecule has 0 unspecified atom stereocenters. The standard InChI is InChI=1S/C24H23NO4/c1-2-27-23-18-19(11-13-20-8-6-7-16-25-20)12-14-22(23)29-24(26)15-17-28-21-9-4-3-5-10-21/h3-14,16,18H,2,15,17H2,1H3/b13-11+. The van der Waals surface area contributed by atoms with Crippen molar-refractivity contribution in [3.05, 3.63) is 84.2 Å². The highest BCUT2D eigenvalue weighted by Crippen LogP contribution is 2.29. The van der Waals surface area contributed by atoms with Gasteiger partial charge in [-0.25, -0.2) is 0 Å². The second-order valence-corrected chi connectivity index (χ2v) is 6.11. The van der Waals surface area contributed by atoms with Crippen molar-refractivity contribution in [2.75, 3.05) is 13.2 Å². The lowest BCUT2D eigenvalue weighted by molar-refractivity contribution is -0.135. The Morgan fingerprint density at radius 2 is 1.76 bits per heavy atom. The number of aromatic nitrogens is 1. The SMILES string of the molecule is CCOc1cc(/C=C/c2ccccn2)ccc1OC(=O)CCOc1ccccc1. The normalized spacial score (nSPS) is 10.7. The molecular weight excluding hydrogens is 366 g/mol. The molecular formula is C24H23NO4. The summed E-state index contributed by atoms with van der Waals surface area (Å²) in [5.41, 5.74) is 1.78. The highest BCUT2D eigenvalue weighted by molar-refractivity contribution is 5.74. The summed E-state index contributed by atoms with van der Waals surface area (Å²) in [6.07, 6.45) is 5.74. The van der Waals surface area contributed by atoms with Gasteiger partial charge in [0.1, 0.15) is 5.75 Å². The van der Waals surface area contributed by atoms with E-state index in [0.717, 1.165) is 17.0 Å². The lowest BCUT2D eigenvalue weighted by Gasteiger charge is -2.12. The molecule has 0 aliphatic heterocycles. The van der Waals surface area contributed by atoms with Crippen LogP contribution in [0.25, 0.3) is 12.2 Å². The fraction of sp³-hybridized carbons (Fsp3) is 0.167. The largest absolute Gasteiger partial charge is 0.493 e. The molecule has 0 N–H and O–H groups in total. The summed E-state index contributed by atoms with van der Waals surface area (Å²) in [4.78, 5) is 16.4. The quantitative estimate of drug-likeness (QED) is 0.380. The molecule has 0 aliphatic rings. The molecule has 1 aromatic heterocycles. The average molecular weight is 389 g/mol. The van der Waals surface area contributed by atoms with E-state index >= 15 is 0 Å². The van der Waals surface area contributed by atoms with Gasteiger partial charge in [0.05, 0.1) is 25.3 Å². The van der Waals surface area contributed by atoms with Crippen LogP contribution >= 0.6 is 0 Å². The van der Waals surface area contributed by atoms with E-state index in [0.29, 0.717) is 18.1 Å². The Balaban J connectivity index is 1.60. The summed E-state index contributed by atoms with van der Waals surface area (Å²) in [6, 6.07) is 20.5. The van der Waals surface area contributed by atoms with Crippen LogP contribution in [-0.2, 0) is 4.79 Å². The molecule has 29 heavy (non-hydrogen) atoms. The van der Waals surface area contributed by atoms with E-state index in [1.54, 1.807) is 12.3 Å². The van der Waals surface area contributed by atoms with Crippen molar-refractivity contribution < 1.29 is 19.0 Å². The molecule has 3 rings (SSSR count). The topological polar surface area (TPSA) is 57.7 Å². The van der Waals surface area contributed by atoms with Crippen molar-refractivity contribution in [2.24, 2.45) is 0 Å². The number of rotatable bonds is 9. The summed E-state index contributed by atoms with van der Waals surface area (Å²) in [5.74, 6) is 1.26. The van der Waals surface area contributed by atoms with Crippen LogP contribution in [0.3, 0.4) is 0 Å². The van der Waals surface area contributed by atoms with E-state index < -0.39 is 0 Å². The molecule has 1 heterocycles. The van der Waals surface area contributed by atoms with Crippen LogP contribution in [0.15, 0.2) is 72.9 Å². The van der Waals surface area contributed by atoms with Gasteiger partial charge in [0.2, 0.25) is 0 Å². The second-order valence-electron chi connectivity index (χ2n) is 6.11. The van der Waals surface area contributed by atoms with E-state index in [1.807, 2.05) is 79.7 Å². The third-order valence-electron chi connectivity index (χ3n) is 3.94. The van der Waals surface area contributed by atoms with Crippen LogP contribution in [-0.4, -0.2) is 24.2 Å². The van der Waals surface area contributed by atoms with Gasteiger partial charge >= 0.3 is 5.97 Å². The Morgan fingerprint density at radius 3 is 2.52 bits per heavy atom. The van der Waals surface area contributed by atoms with Gasteiger partial charge in [0.25, 0.3) is 0 Å². The predicted molar refractivity (Wildman–Crippen MR) is 113 cm³/mol. The zero-order valence-corrected chi connectivity index (χ0v) is 16.3. The summed E-state index contributed by atoms with van der Waals surface area (Å²) < 4.78 is 16.7. The number of nitrogens with zero attached hydrogens (tertiary/aromatic N) is 1. The third-order valence-corrected chi connectivity index (χ3v) is 3.94. The minimum absolute atomic E-state index is 0.141. The van der Waals surface area contributed by atoms with Crippen LogP contribution in [0, 0.1) is 0 Å². The fourth-order valence-corrected chi connectivity index (χ4v) is 2.58. The highest BCUT2D eigenvalue weighted by atomic mass is 16.6. The Bertz CT molecular complexity index is 940. The minimum Gasteiger partial charge on any atom is -0.493 e. The van der Waals surface area contributed by atoms with E-state index in [4.69, 9.17) is 14.2 Å². The number of carbonyl (C=O) groups is 1. The molecule has 0 fully saturated rings. The molecule has 0 atom stereocenters. The summed E-state index contributed by atoms with van der Waals surface area (Å²) >= 11 is 0. The maximum absolute atomic E-state index is 12.2. The first-order valence-corrected chi connectivity index (χ1v) is 9.49.